The summed E-state index contributed by atoms with van der Waals surface area (Å²) >= 11 is 3.18. The minimum Gasteiger partial charge on any atom is -0.295 e. The van der Waals surface area contributed by atoms with Gasteiger partial charge in [-0.1, -0.05) is 22.9 Å². The number of carbonyl (C=O) groups excluding carboxylic acids is 2. The summed E-state index contributed by atoms with van der Waals surface area (Å²) in [5.41, 5.74) is 0. The summed E-state index contributed by atoms with van der Waals surface area (Å²) in [5, 5.41) is 2.23. The largest absolute Gasteiger partial charge is 0.295 e. The minimum absolute atomic E-state index is 0.204. The maximum absolute atomic E-state index is 10.9. The van der Waals surface area contributed by atoms with Crippen molar-refractivity contribution in [2.75, 3.05) is 0 Å². The van der Waals surface area contributed by atoms with Crippen LogP contribution in [0.5, 0.6) is 0 Å². The van der Waals surface area contributed by atoms with E-state index in [1.165, 1.54) is 0 Å². The summed E-state index contributed by atoms with van der Waals surface area (Å²) < 4.78 is -0.704. The summed E-state index contributed by atoms with van der Waals surface area (Å²) in [7, 11) is 0. The van der Waals surface area contributed by atoms with Crippen molar-refractivity contribution in [3.05, 3.63) is 0 Å². The van der Waals surface area contributed by atoms with Gasteiger partial charge in [0.2, 0.25) is 11.8 Å². The molecule has 2 amide bonds. The number of amides is 2. The normalized spacial score (nSPS) is 40.1. The first-order valence-corrected chi connectivity index (χ1v) is 3.79. The number of rotatable bonds is 0. The second-order valence-corrected chi connectivity index (χ2v) is 4.26. The highest BCUT2D eigenvalue weighted by molar-refractivity contribution is 9.10. The summed E-state index contributed by atoms with van der Waals surface area (Å²) in [4.78, 5) is 21.8. The highest BCUT2D eigenvalue weighted by Gasteiger charge is 2.47. The van der Waals surface area contributed by atoms with Crippen molar-refractivity contribution in [2.24, 2.45) is 5.92 Å². The van der Waals surface area contributed by atoms with Crippen LogP contribution >= 0.6 is 15.9 Å². The molecule has 2 atom stereocenters. The van der Waals surface area contributed by atoms with Gasteiger partial charge in [0.25, 0.3) is 0 Å². The number of carbonyl (C=O) groups is 2. The third-order valence-corrected chi connectivity index (χ3v) is 2.93. The van der Waals surface area contributed by atoms with Gasteiger partial charge in [0.15, 0.2) is 0 Å². The molecule has 0 bridgehead atoms. The molecule has 0 aromatic heterocycles. The first-order valence-electron chi connectivity index (χ1n) is 3.00. The molecule has 0 saturated carbocycles. The molecule has 0 radical (unpaired) electrons. The van der Waals surface area contributed by atoms with Crippen molar-refractivity contribution in [3.63, 3.8) is 0 Å². The van der Waals surface area contributed by atoms with E-state index in [0.717, 1.165) is 0 Å². The van der Waals surface area contributed by atoms with Gasteiger partial charge >= 0.3 is 0 Å². The summed E-state index contributed by atoms with van der Waals surface area (Å²) in [6, 6.07) is 0. The van der Waals surface area contributed by atoms with Crippen molar-refractivity contribution in [2.45, 2.75) is 18.2 Å². The van der Waals surface area contributed by atoms with E-state index in [9.17, 15) is 9.59 Å². The molecule has 1 aliphatic heterocycles. The zero-order valence-corrected chi connectivity index (χ0v) is 7.36. The molecule has 0 spiro atoms. The van der Waals surface area contributed by atoms with Crippen molar-refractivity contribution in [1.82, 2.24) is 5.32 Å². The lowest BCUT2D eigenvalue weighted by atomic mass is 9.99. The second kappa shape index (κ2) is 2.05. The van der Waals surface area contributed by atoms with Crippen molar-refractivity contribution in [3.8, 4) is 0 Å². The number of hydrogen-bond acceptors (Lipinski definition) is 2. The zero-order valence-electron chi connectivity index (χ0n) is 5.77. The van der Waals surface area contributed by atoms with Crippen LogP contribution in [0.1, 0.15) is 13.8 Å². The van der Waals surface area contributed by atoms with Gasteiger partial charge in [-0.25, -0.2) is 0 Å². The van der Waals surface area contributed by atoms with Crippen molar-refractivity contribution in [1.29, 1.82) is 0 Å². The SMILES string of the molecule is CC1C(=O)NC(=O)C1(C)Br. The molecule has 1 fully saturated rings. The van der Waals surface area contributed by atoms with Crippen LogP contribution in [0, 0.1) is 5.92 Å². The van der Waals surface area contributed by atoms with Crippen molar-refractivity contribution < 1.29 is 9.59 Å². The Morgan fingerprint density at radius 2 is 2.10 bits per heavy atom. The van der Waals surface area contributed by atoms with Crippen LogP contribution in [0.2, 0.25) is 0 Å². The van der Waals surface area contributed by atoms with Gasteiger partial charge in [0.1, 0.15) is 4.32 Å². The molecule has 1 saturated heterocycles. The smallest absolute Gasteiger partial charge is 0.243 e. The van der Waals surface area contributed by atoms with Crippen LogP contribution in [0.4, 0.5) is 0 Å². The van der Waals surface area contributed by atoms with Gasteiger partial charge < -0.3 is 0 Å². The van der Waals surface area contributed by atoms with Crippen LogP contribution in [-0.2, 0) is 9.59 Å². The maximum atomic E-state index is 10.9. The Labute approximate surface area is 67.3 Å². The quantitative estimate of drug-likeness (QED) is 0.461. The van der Waals surface area contributed by atoms with Crippen LogP contribution in [0.3, 0.4) is 0 Å². The summed E-state index contributed by atoms with van der Waals surface area (Å²) in [5.74, 6) is -0.727. The number of alkyl halides is 1. The second-order valence-electron chi connectivity index (χ2n) is 2.62. The van der Waals surface area contributed by atoms with Crippen molar-refractivity contribution >= 4 is 27.7 Å². The third kappa shape index (κ3) is 0.868. The maximum Gasteiger partial charge on any atom is 0.243 e. The van der Waals surface area contributed by atoms with Crippen LogP contribution in [0.25, 0.3) is 0 Å². The van der Waals surface area contributed by atoms with Gasteiger partial charge in [-0.05, 0) is 6.92 Å². The van der Waals surface area contributed by atoms with E-state index in [1.807, 2.05) is 0 Å². The van der Waals surface area contributed by atoms with Gasteiger partial charge in [-0.3, -0.25) is 14.9 Å². The highest BCUT2D eigenvalue weighted by atomic mass is 79.9. The molecule has 2 unspecified atom stereocenters. The fraction of sp³-hybridized carbons (Fsp3) is 0.667. The number of imide groups is 1. The lowest BCUT2D eigenvalue weighted by Gasteiger charge is -2.14. The Kier molecular flexibility index (Phi) is 1.58. The van der Waals surface area contributed by atoms with Gasteiger partial charge in [-0.15, -0.1) is 0 Å². The van der Waals surface area contributed by atoms with Gasteiger partial charge in [0, 0.05) is 0 Å². The molecule has 0 aliphatic carbocycles. The monoisotopic (exact) mass is 205 g/mol. The molecule has 10 heavy (non-hydrogen) atoms. The molecule has 1 N–H and O–H groups in total. The Morgan fingerprint density at radius 1 is 1.60 bits per heavy atom. The van der Waals surface area contributed by atoms with Gasteiger partial charge in [0.05, 0.1) is 5.92 Å². The Morgan fingerprint density at radius 3 is 2.20 bits per heavy atom. The first-order chi connectivity index (χ1) is 4.46. The van der Waals surface area contributed by atoms with Crippen LogP contribution in [-0.4, -0.2) is 16.1 Å². The zero-order chi connectivity index (χ0) is 7.94. The fourth-order valence-corrected chi connectivity index (χ4v) is 1.09. The lowest BCUT2D eigenvalue weighted by molar-refractivity contribution is -0.125. The van der Waals surface area contributed by atoms with E-state index in [1.54, 1.807) is 13.8 Å². The standard InChI is InChI=1S/C6H8BrNO2/c1-3-4(9)8-5(10)6(3,2)7/h3H,1-2H3,(H,8,9,10). The average molecular weight is 206 g/mol. The number of nitrogens with one attached hydrogen (secondary N) is 1. The first kappa shape index (κ1) is 7.72. The molecule has 0 aromatic rings. The molecule has 0 aromatic carbocycles. The Balaban J connectivity index is 2.96. The average Bonchev–Trinajstić information content (AvgIpc) is 1.97. The molecular weight excluding hydrogens is 198 g/mol. The predicted octanol–water partition coefficient (Wildman–Crippen LogP) is 0.432. The van der Waals surface area contributed by atoms with E-state index in [-0.39, 0.29) is 17.7 Å². The lowest BCUT2D eigenvalue weighted by Crippen LogP contribution is -2.31. The molecule has 4 heteroatoms. The van der Waals surface area contributed by atoms with E-state index in [0.29, 0.717) is 0 Å². The van der Waals surface area contributed by atoms with Crippen LogP contribution < -0.4 is 5.32 Å². The highest BCUT2D eigenvalue weighted by Crippen LogP contribution is 2.31. The Hall–Kier alpha value is -0.380. The molecule has 3 nitrogen and oxygen atoms in total. The summed E-state index contributed by atoms with van der Waals surface area (Å²) in [6.45, 7) is 3.41. The number of hydrogen-bond donors (Lipinski definition) is 1. The molecule has 1 rings (SSSR count). The van der Waals surface area contributed by atoms with E-state index in [2.05, 4.69) is 21.2 Å². The van der Waals surface area contributed by atoms with E-state index < -0.39 is 4.32 Å². The van der Waals surface area contributed by atoms with E-state index >= 15 is 0 Å². The Bertz CT molecular complexity index is 200. The van der Waals surface area contributed by atoms with Crippen LogP contribution in [0.15, 0.2) is 0 Å². The molecule has 56 valence electrons. The molecule has 1 aliphatic rings. The fourth-order valence-electron chi connectivity index (χ4n) is 0.785. The predicted molar refractivity (Wildman–Crippen MR) is 39.6 cm³/mol. The van der Waals surface area contributed by atoms with E-state index in [4.69, 9.17) is 0 Å². The summed E-state index contributed by atoms with van der Waals surface area (Å²) in [6.07, 6.45) is 0. The molecule has 1 heterocycles. The number of halogens is 1. The molecular formula is C6H8BrNO2. The third-order valence-electron chi connectivity index (χ3n) is 1.89. The minimum atomic E-state index is -0.704. The topological polar surface area (TPSA) is 46.2 Å². The van der Waals surface area contributed by atoms with Gasteiger partial charge in [-0.2, -0.15) is 0 Å².